The molecule has 24 heavy (non-hydrogen) atoms. The lowest BCUT2D eigenvalue weighted by Crippen LogP contribution is -2.13. The Balaban J connectivity index is 2.47. The molecule has 0 saturated carbocycles. The first-order valence-electron chi connectivity index (χ1n) is 6.92. The van der Waals surface area contributed by atoms with Crippen molar-refractivity contribution < 1.29 is 28.2 Å². The Morgan fingerprint density at radius 2 is 1.58 bits per heavy atom. The molecule has 0 fully saturated rings. The molecule has 0 aliphatic rings. The third-order valence-corrected chi connectivity index (χ3v) is 3.28. The highest BCUT2D eigenvalue weighted by Crippen LogP contribution is 2.31. The molecule has 0 bridgehead atoms. The summed E-state index contributed by atoms with van der Waals surface area (Å²) in [5.41, 5.74) is 5.30. The van der Waals surface area contributed by atoms with E-state index >= 15 is 0 Å². The van der Waals surface area contributed by atoms with Gasteiger partial charge in [-0.25, -0.2) is 4.39 Å². The van der Waals surface area contributed by atoms with E-state index in [1.807, 2.05) is 0 Å². The van der Waals surface area contributed by atoms with Crippen LogP contribution in [0.5, 0.6) is 11.5 Å². The molecule has 0 aromatic heterocycles. The average Bonchev–Trinajstić information content (AvgIpc) is 2.59. The molecule has 0 saturated heterocycles. The van der Waals surface area contributed by atoms with E-state index in [2.05, 4.69) is 0 Å². The monoisotopic (exact) mass is 333 g/mol. The minimum atomic E-state index is -0.838. The summed E-state index contributed by atoms with van der Waals surface area (Å²) < 4.78 is 29.5. The second-order valence-corrected chi connectivity index (χ2v) is 4.78. The number of carbonyl (C=O) groups is 2. The van der Waals surface area contributed by atoms with Crippen molar-refractivity contribution in [3.05, 3.63) is 58.9 Å². The normalized spacial score (nSPS) is 10.3. The van der Waals surface area contributed by atoms with Crippen LogP contribution >= 0.6 is 0 Å². The number of carbonyl (C=O) groups excluding carboxylic acids is 2. The number of benzene rings is 2. The highest BCUT2D eigenvalue weighted by atomic mass is 19.1. The number of hydrogen-bond acceptors (Lipinski definition) is 5. The molecule has 2 aromatic rings. The van der Waals surface area contributed by atoms with Crippen LogP contribution in [0.1, 0.15) is 26.3 Å². The van der Waals surface area contributed by atoms with E-state index in [1.165, 1.54) is 50.6 Å². The Labute approximate surface area is 137 Å². The van der Waals surface area contributed by atoms with E-state index in [9.17, 15) is 14.0 Å². The molecule has 1 amide bonds. The Kier molecular flexibility index (Phi) is 5.49. The smallest absolute Gasteiger partial charge is 0.248 e. The van der Waals surface area contributed by atoms with Crippen molar-refractivity contribution in [3.8, 4) is 11.5 Å². The quantitative estimate of drug-likeness (QED) is 0.619. The fourth-order valence-corrected chi connectivity index (χ4v) is 2.08. The lowest BCUT2D eigenvalue weighted by molar-refractivity contribution is 0.0500. The van der Waals surface area contributed by atoms with Gasteiger partial charge in [0, 0.05) is 18.2 Å². The Morgan fingerprint density at radius 3 is 2.12 bits per heavy atom. The molecule has 0 unspecified atom stereocenters. The lowest BCUT2D eigenvalue weighted by atomic mass is 10.00. The summed E-state index contributed by atoms with van der Waals surface area (Å²) in [5, 5.41) is 0. The predicted molar refractivity (Wildman–Crippen MR) is 83.8 cm³/mol. The summed E-state index contributed by atoms with van der Waals surface area (Å²) in [4.78, 5) is 23.8. The van der Waals surface area contributed by atoms with Gasteiger partial charge in [-0.05, 0) is 24.3 Å². The largest absolute Gasteiger partial charge is 0.494 e. The van der Waals surface area contributed by atoms with Crippen LogP contribution in [-0.4, -0.2) is 32.7 Å². The molecule has 0 heterocycles. The Morgan fingerprint density at radius 1 is 1.00 bits per heavy atom. The van der Waals surface area contributed by atoms with E-state index in [0.29, 0.717) is 0 Å². The third-order valence-electron chi connectivity index (χ3n) is 3.28. The maximum absolute atomic E-state index is 14.6. The van der Waals surface area contributed by atoms with Crippen LogP contribution in [0.2, 0.25) is 0 Å². The highest BCUT2D eigenvalue weighted by molar-refractivity contribution is 6.11. The summed E-state index contributed by atoms with van der Waals surface area (Å²) in [5.74, 6) is -2.13. The second-order valence-electron chi connectivity index (χ2n) is 4.78. The van der Waals surface area contributed by atoms with Crippen LogP contribution in [0, 0.1) is 5.82 Å². The van der Waals surface area contributed by atoms with Crippen molar-refractivity contribution in [2.45, 2.75) is 0 Å². The number of nitrogens with two attached hydrogens (primary N) is 1. The number of rotatable bonds is 7. The van der Waals surface area contributed by atoms with Crippen LogP contribution in [-0.2, 0) is 4.74 Å². The fourth-order valence-electron chi connectivity index (χ4n) is 2.08. The van der Waals surface area contributed by atoms with Gasteiger partial charge in [-0.2, -0.15) is 0 Å². The van der Waals surface area contributed by atoms with E-state index in [4.69, 9.17) is 19.9 Å². The van der Waals surface area contributed by atoms with Crippen LogP contribution in [0.4, 0.5) is 4.39 Å². The first kappa shape index (κ1) is 17.4. The SMILES string of the molecule is COCOc1ccc(OC)c(F)c1C(=O)c1ccc(C(N)=O)cc1. The van der Waals surface area contributed by atoms with Crippen molar-refractivity contribution in [1.82, 2.24) is 0 Å². The number of amides is 1. The zero-order valence-corrected chi connectivity index (χ0v) is 13.2. The molecule has 7 heteroatoms. The molecule has 2 aromatic carbocycles. The van der Waals surface area contributed by atoms with Gasteiger partial charge in [0.25, 0.3) is 0 Å². The molecule has 2 rings (SSSR count). The molecule has 0 aliphatic heterocycles. The van der Waals surface area contributed by atoms with E-state index in [0.717, 1.165) is 0 Å². The van der Waals surface area contributed by atoms with Gasteiger partial charge in [-0.3, -0.25) is 9.59 Å². The van der Waals surface area contributed by atoms with Gasteiger partial charge in [0.05, 0.1) is 7.11 Å². The summed E-state index contributed by atoms with van der Waals surface area (Å²) >= 11 is 0. The summed E-state index contributed by atoms with van der Waals surface area (Å²) in [6.45, 7) is -0.146. The number of methoxy groups -OCH3 is 2. The van der Waals surface area contributed by atoms with Gasteiger partial charge in [0.2, 0.25) is 5.91 Å². The summed E-state index contributed by atoms with van der Waals surface area (Å²) in [6, 6.07) is 8.34. The van der Waals surface area contributed by atoms with Crippen LogP contribution in [0.25, 0.3) is 0 Å². The predicted octanol–water partition coefficient (Wildman–Crippen LogP) is 2.15. The van der Waals surface area contributed by atoms with Gasteiger partial charge >= 0.3 is 0 Å². The van der Waals surface area contributed by atoms with Crippen molar-refractivity contribution in [3.63, 3.8) is 0 Å². The Bertz CT molecular complexity index is 758. The van der Waals surface area contributed by atoms with Crippen molar-refractivity contribution in [2.24, 2.45) is 5.73 Å². The molecule has 6 nitrogen and oxygen atoms in total. The number of ketones is 1. The summed E-state index contributed by atoms with van der Waals surface area (Å²) in [7, 11) is 2.70. The number of ether oxygens (including phenoxy) is 3. The van der Waals surface area contributed by atoms with E-state index in [1.54, 1.807) is 0 Å². The second kappa shape index (κ2) is 7.56. The van der Waals surface area contributed by atoms with E-state index < -0.39 is 17.5 Å². The minimum Gasteiger partial charge on any atom is -0.494 e. The molecule has 0 radical (unpaired) electrons. The zero-order chi connectivity index (χ0) is 17.7. The fraction of sp³-hybridized carbons (Fsp3) is 0.176. The maximum atomic E-state index is 14.6. The van der Waals surface area contributed by atoms with Crippen molar-refractivity contribution in [1.29, 1.82) is 0 Å². The number of halogens is 1. The molecule has 0 spiro atoms. The highest BCUT2D eigenvalue weighted by Gasteiger charge is 2.23. The molecular formula is C17H16FNO5. The van der Waals surface area contributed by atoms with Gasteiger partial charge in [-0.15, -0.1) is 0 Å². The van der Waals surface area contributed by atoms with Crippen LogP contribution < -0.4 is 15.2 Å². The molecule has 0 aliphatic carbocycles. The first-order valence-corrected chi connectivity index (χ1v) is 6.92. The van der Waals surface area contributed by atoms with Gasteiger partial charge in [0.15, 0.2) is 24.1 Å². The van der Waals surface area contributed by atoms with Crippen molar-refractivity contribution >= 4 is 11.7 Å². The van der Waals surface area contributed by atoms with E-state index in [-0.39, 0.29) is 35.0 Å². The number of primary amides is 1. The van der Waals surface area contributed by atoms with Crippen LogP contribution in [0.15, 0.2) is 36.4 Å². The number of hydrogen-bond donors (Lipinski definition) is 1. The standard InChI is InChI=1S/C17H16FNO5/c1-22-9-24-12-7-8-13(23-2)15(18)14(12)16(20)10-3-5-11(6-4-10)17(19)21/h3-8H,9H2,1-2H3,(H2,19,21). The zero-order valence-electron chi connectivity index (χ0n) is 13.2. The van der Waals surface area contributed by atoms with Gasteiger partial charge in [0.1, 0.15) is 11.3 Å². The third kappa shape index (κ3) is 3.52. The molecule has 0 atom stereocenters. The van der Waals surface area contributed by atoms with Crippen molar-refractivity contribution in [2.75, 3.05) is 21.0 Å². The topological polar surface area (TPSA) is 87.8 Å². The summed E-state index contributed by atoms with van der Waals surface area (Å²) in [6.07, 6.45) is 0. The average molecular weight is 333 g/mol. The van der Waals surface area contributed by atoms with Gasteiger partial charge < -0.3 is 19.9 Å². The maximum Gasteiger partial charge on any atom is 0.248 e. The molecule has 2 N–H and O–H groups in total. The molecular weight excluding hydrogens is 317 g/mol. The van der Waals surface area contributed by atoms with Gasteiger partial charge in [-0.1, -0.05) is 12.1 Å². The first-order chi connectivity index (χ1) is 11.5. The lowest BCUT2D eigenvalue weighted by Gasteiger charge is -2.13. The molecule has 126 valence electrons. The Hall–Kier alpha value is -2.93. The van der Waals surface area contributed by atoms with Crippen LogP contribution in [0.3, 0.4) is 0 Å². The minimum absolute atomic E-state index is 0.0270.